The predicted octanol–water partition coefficient (Wildman–Crippen LogP) is 2.60. The van der Waals surface area contributed by atoms with Crippen LogP contribution in [0.3, 0.4) is 0 Å². The van der Waals surface area contributed by atoms with Crippen molar-refractivity contribution in [3.8, 4) is 0 Å². The molecule has 0 fully saturated rings. The highest BCUT2D eigenvalue weighted by Gasteiger charge is 2.42. The second-order valence-electron chi connectivity index (χ2n) is 7.96. The van der Waals surface area contributed by atoms with Gasteiger partial charge in [0.2, 0.25) is 5.91 Å². The van der Waals surface area contributed by atoms with Crippen molar-refractivity contribution in [3.63, 3.8) is 0 Å². The number of benzene rings is 1. The topological polar surface area (TPSA) is 72.5 Å². The van der Waals surface area contributed by atoms with Crippen LogP contribution in [0.25, 0.3) is 0 Å². The van der Waals surface area contributed by atoms with Crippen molar-refractivity contribution in [2.75, 3.05) is 6.44 Å². The van der Waals surface area contributed by atoms with Gasteiger partial charge in [0, 0.05) is 5.41 Å². The first kappa shape index (κ1) is 21.9. The summed E-state index contributed by atoms with van der Waals surface area (Å²) in [7, 11) is 5.32. The van der Waals surface area contributed by atoms with Gasteiger partial charge in [0.1, 0.15) is 16.8 Å². The van der Waals surface area contributed by atoms with Crippen LogP contribution in [0.5, 0.6) is 0 Å². The van der Waals surface area contributed by atoms with Crippen LogP contribution in [0, 0.1) is 5.41 Å². The molecule has 0 saturated carbocycles. The first-order valence-electron chi connectivity index (χ1n) is 8.61. The standard InChI is InChI=1S/C20H28BNO4/c1-13(23)18(2,3)14-10-8-9-11-15(14)20(6,7)26-17(25)19(4,5)16(24)22-12-21/h8-11H,12H2,1-7H3,(H,22,24). The van der Waals surface area contributed by atoms with Crippen molar-refractivity contribution in [1.29, 1.82) is 0 Å². The molecule has 1 amide bonds. The third kappa shape index (κ3) is 4.35. The average Bonchev–Trinajstić information content (AvgIpc) is 2.54. The molecule has 6 heteroatoms. The lowest BCUT2D eigenvalue weighted by molar-refractivity contribution is -0.171. The first-order chi connectivity index (χ1) is 11.8. The average molecular weight is 357 g/mol. The number of ether oxygens (including phenoxy) is 1. The van der Waals surface area contributed by atoms with Crippen molar-refractivity contribution in [2.24, 2.45) is 5.41 Å². The van der Waals surface area contributed by atoms with Crippen LogP contribution in [0.4, 0.5) is 0 Å². The molecule has 0 unspecified atom stereocenters. The van der Waals surface area contributed by atoms with E-state index >= 15 is 0 Å². The molecule has 1 rings (SSSR count). The maximum absolute atomic E-state index is 12.7. The summed E-state index contributed by atoms with van der Waals surface area (Å²) in [4.78, 5) is 36.9. The number of carbonyl (C=O) groups excluding carboxylic acids is 3. The summed E-state index contributed by atoms with van der Waals surface area (Å²) in [5, 5.41) is 2.44. The van der Waals surface area contributed by atoms with E-state index in [4.69, 9.17) is 12.6 Å². The third-order valence-corrected chi connectivity index (χ3v) is 4.82. The van der Waals surface area contributed by atoms with Crippen molar-refractivity contribution >= 4 is 25.5 Å². The Morgan fingerprint density at radius 2 is 1.50 bits per heavy atom. The van der Waals surface area contributed by atoms with E-state index in [1.54, 1.807) is 13.8 Å². The van der Waals surface area contributed by atoms with Gasteiger partial charge < -0.3 is 10.1 Å². The summed E-state index contributed by atoms with van der Waals surface area (Å²) in [6.07, 6.45) is -0.0609. The van der Waals surface area contributed by atoms with E-state index in [2.05, 4.69) is 5.32 Å². The van der Waals surface area contributed by atoms with Gasteiger partial charge in [0.25, 0.3) is 0 Å². The van der Waals surface area contributed by atoms with E-state index < -0.39 is 28.3 Å². The first-order valence-corrected chi connectivity index (χ1v) is 8.61. The van der Waals surface area contributed by atoms with E-state index in [9.17, 15) is 14.4 Å². The molecule has 26 heavy (non-hydrogen) atoms. The Balaban J connectivity index is 3.26. The maximum atomic E-state index is 12.7. The second-order valence-corrected chi connectivity index (χ2v) is 7.96. The molecule has 0 aromatic heterocycles. The number of amides is 1. The van der Waals surface area contributed by atoms with Gasteiger partial charge in [-0.2, -0.15) is 0 Å². The monoisotopic (exact) mass is 357 g/mol. The molecule has 0 saturated heterocycles. The summed E-state index contributed by atoms with van der Waals surface area (Å²) in [5.74, 6) is -1.16. The van der Waals surface area contributed by atoms with Gasteiger partial charge in [0.15, 0.2) is 0 Å². The van der Waals surface area contributed by atoms with Gasteiger partial charge >= 0.3 is 5.97 Å². The van der Waals surface area contributed by atoms with Crippen LogP contribution in [0.15, 0.2) is 24.3 Å². The Morgan fingerprint density at radius 1 is 1.00 bits per heavy atom. The molecule has 0 atom stereocenters. The van der Waals surface area contributed by atoms with Gasteiger partial charge in [-0.1, -0.05) is 24.3 Å². The quantitative estimate of drug-likeness (QED) is 0.463. The Labute approximate surface area is 157 Å². The molecule has 0 spiro atoms. The van der Waals surface area contributed by atoms with Crippen molar-refractivity contribution in [3.05, 3.63) is 35.4 Å². The molecule has 140 valence electrons. The van der Waals surface area contributed by atoms with E-state index in [1.807, 2.05) is 38.1 Å². The number of ketones is 1. The Bertz CT molecular complexity index is 708. The minimum atomic E-state index is -1.39. The number of Topliss-reactive ketones (excluding diaryl/α,β-unsaturated/α-hetero) is 1. The Hall–Kier alpha value is -2.11. The second kappa shape index (κ2) is 7.64. The fourth-order valence-corrected chi connectivity index (χ4v) is 2.56. The van der Waals surface area contributed by atoms with Gasteiger partial charge in [-0.15, -0.1) is 0 Å². The minimum absolute atomic E-state index is 0.00901. The van der Waals surface area contributed by atoms with Gasteiger partial charge in [0.05, 0.1) is 7.85 Å². The van der Waals surface area contributed by atoms with Crippen molar-refractivity contribution < 1.29 is 19.1 Å². The zero-order valence-corrected chi connectivity index (χ0v) is 16.7. The highest BCUT2D eigenvalue weighted by molar-refractivity contribution is 6.11. The van der Waals surface area contributed by atoms with Crippen LogP contribution < -0.4 is 5.32 Å². The maximum Gasteiger partial charge on any atom is 0.321 e. The van der Waals surface area contributed by atoms with E-state index in [1.165, 1.54) is 20.8 Å². The molecule has 5 nitrogen and oxygen atoms in total. The van der Waals surface area contributed by atoms with E-state index in [-0.39, 0.29) is 12.2 Å². The fourth-order valence-electron chi connectivity index (χ4n) is 2.56. The van der Waals surface area contributed by atoms with Gasteiger partial charge in [-0.05, 0) is 66.0 Å². The smallest absolute Gasteiger partial charge is 0.321 e. The Morgan fingerprint density at radius 3 is 1.96 bits per heavy atom. The van der Waals surface area contributed by atoms with E-state index in [0.29, 0.717) is 0 Å². The zero-order valence-electron chi connectivity index (χ0n) is 16.7. The van der Waals surface area contributed by atoms with Crippen molar-refractivity contribution in [2.45, 2.75) is 59.5 Å². The molecule has 1 aromatic rings. The number of carbonyl (C=O) groups is 3. The van der Waals surface area contributed by atoms with Crippen molar-refractivity contribution in [1.82, 2.24) is 5.32 Å². The fraction of sp³-hybridized carbons (Fsp3) is 0.550. The van der Waals surface area contributed by atoms with Crippen LogP contribution in [-0.4, -0.2) is 32.0 Å². The zero-order chi connectivity index (χ0) is 20.3. The number of rotatable bonds is 7. The predicted molar refractivity (Wildman–Crippen MR) is 102 cm³/mol. The number of esters is 1. The molecule has 1 aromatic carbocycles. The molecule has 1 N–H and O–H groups in total. The SMILES string of the molecule is [B]CNC(=O)C(C)(C)C(=O)OC(C)(C)c1ccccc1C(C)(C)C(C)=O. The summed E-state index contributed by atoms with van der Waals surface area (Å²) in [6.45, 7) is 11.7. The lowest BCUT2D eigenvalue weighted by Crippen LogP contribution is -2.46. The molecule has 0 aliphatic rings. The van der Waals surface area contributed by atoms with Crippen LogP contribution in [-0.2, 0) is 30.1 Å². The summed E-state index contributed by atoms with van der Waals surface area (Å²) >= 11 is 0. The van der Waals surface area contributed by atoms with E-state index in [0.717, 1.165) is 11.1 Å². The Kier molecular flexibility index (Phi) is 6.45. The third-order valence-electron chi connectivity index (χ3n) is 4.82. The lowest BCUT2D eigenvalue weighted by atomic mass is 9.75. The number of hydrogen-bond donors (Lipinski definition) is 1. The van der Waals surface area contributed by atoms with Crippen LogP contribution in [0.2, 0.25) is 0 Å². The van der Waals surface area contributed by atoms with Gasteiger partial charge in [-0.25, -0.2) is 0 Å². The number of hydrogen-bond acceptors (Lipinski definition) is 4. The largest absolute Gasteiger partial charge is 0.454 e. The molecular weight excluding hydrogens is 329 g/mol. The lowest BCUT2D eigenvalue weighted by Gasteiger charge is -2.35. The molecule has 0 heterocycles. The highest BCUT2D eigenvalue weighted by atomic mass is 16.6. The van der Waals surface area contributed by atoms with Gasteiger partial charge in [-0.3, -0.25) is 14.4 Å². The van der Waals surface area contributed by atoms with Crippen LogP contribution >= 0.6 is 0 Å². The minimum Gasteiger partial charge on any atom is -0.454 e. The summed E-state index contributed by atoms with van der Waals surface area (Å²) < 4.78 is 5.72. The molecule has 2 radical (unpaired) electrons. The number of nitrogens with one attached hydrogen (secondary N) is 1. The van der Waals surface area contributed by atoms with Crippen LogP contribution in [0.1, 0.15) is 59.6 Å². The highest BCUT2D eigenvalue weighted by Crippen LogP contribution is 2.37. The summed E-state index contributed by atoms with van der Waals surface area (Å²) in [5.41, 5.74) is -1.63. The molecule has 0 bridgehead atoms. The molecule has 0 aliphatic heterocycles. The molecule has 0 aliphatic carbocycles. The normalized spacial score (nSPS) is 12.4. The summed E-state index contributed by atoms with van der Waals surface area (Å²) in [6, 6.07) is 7.37. The molecular formula is C20H28BNO4.